The lowest BCUT2D eigenvalue weighted by atomic mass is 9.98. The Labute approximate surface area is 190 Å². The van der Waals surface area contributed by atoms with Crippen LogP contribution in [0.1, 0.15) is 38.3 Å². The summed E-state index contributed by atoms with van der Waals surface area (Å²) in [6.45, 7) is 8.53. The standard InChI is InChI=1S/C24H23ClN4OS/c1-14-10-15(2)20(16(3)11-14)19-13-31-24(26-19)27-23(30)21-17(4)28-29(22(21)25)12-18-8-6-5-7-9-18/h5-11,13H,12H2,1-4H3,(H,26,27,30). The summed E-state index contributed by atoms with van der Waals surface area (Å²) in [4.78, 5) is 17.6. The molecule has 4 aromatic rings. The van der Waals surface area contributed by atoms with E-state index >= 15 is 0 Å². The third-order valence-electron chi connectivity index (χ3n) is 5.13. The molecule has 158 valence electrons. The molecule has 0 aliphatic heterocycles. The minimum Gasteiger partial charge on any atom is -0.298 e. The smallest absolute Gasteiger partial charge is 0.262 e. The molecule has 0 saturated heterocycles. The first-order valence-corrected chi connectivity index (χ1v) is 11.2. The molecular weight excluding hydrogens is 428 g/mol. The maximum atomic E-state index is 13.0. The van der Waals surface area contributed by atoms with Gasteiger partial charge in [-0.3, -0.25) is 10.1 Å². The van der Waals surface area contributed by atoms with Crippen LogP contribution in [0.4, 0.5) is 5.13 Å². The Morgan fingerprint density at radius 3 is 2.45 bits per heavy atom. The average Bonchev–Trinajstić information content (AvgIpc) is 3.26. The van der Waals surface area contributed by atoms with E-state index < -0.39 is 0 Å². The van der Waals surface area contributed by atoms with Crippen molar-refractivity contribution in [3.8, 4) is 11.3 Å². The number of aromatic nitrogens is 3. The van der Waals surface area contributed by atoms with Crippen LogP contribution >= 0.6 is 22.9 Å². The number of benzene rings is 2. The summed E-state index contributed by atoms with van der Waals surface area (Å²) < 4.78 is 1.65. The number of hydrogen-bond donors (Lipinski definition) is 1. The van der Waals surface area contributed by atoms with Crippen molar-refractivity contribution in [1.29, 1.82) is 0 Å². The second-order valence-corrected chi connectivity index (χ2v) is 8.88. The molecule has 5 nitrogen and oxygen atoms in total. The van der Waals surface area contributed by atoms with E-state index in [-0.39, 0.29) is 5.91 Å². The van der Waals surface area contributed by atoms with E-state index in [1.54, 1.807) is 11.6 Å². The first-order valence-electron chi connectivity index (χ1n) is 9.95. The number of thiazole rings is 1. The summed E-state index contributed by atoms with van der Waals surface area (Å²) in [5, 5.41) is 10.2. The van der Waals surface area contributed by atoms with Gasteiger partial charge in [-0.1, -0.05) is 59.6 Å². The van der Waals surface area contributed by atoms with Crippen LogP contribution in [0.25, 0.3) is 11.3 Å². The molecule has 2 aromatic heterocycles. The Kier molecular flexibility index (Phi) is 5.94. The fourth-order valence-corrected chi connectivity index (χ4v) is 4.88. The monoisotopic (exact) mass is 450 g/mol. The molecule has 0 bridgehead atoms. The Hall–Kier alpha value is -2.96. The van der Waals surface area contributed by atoms with E-state index in [0.717, 1.165) is 16.8 Å². The fraction of sp³-hybridized carbons (Fsp3) is 0.208. The number of rotatable bonds is 5. The van der Waals surface area contributed by atoms with Crippen molar-refractivity contribution in [3.05, 3.63) is 86.5 Å². The van der Waals surface area contributed by atoms with Crippen molar-refractivity contribution in [2.75, 3.05) is 5.32 Å². The highest BCUT2D eigenvalue weighted by atomic mass is 35.5. The molecule has 7 heteroatoms. The number of hydrogen-bond acceptors (Lipinski definition) is 4. The Morgan fingerprint density at radius 2 is 1.77 bits per heavy atom. The first-order chi connectivity index (χ1) is 14.8. The number of amides is 1. The molecule has 0 atom stereocenters. The van der Waals surface area contributed by atoms with Crippen LogP contribution in [0.5, 0.6) is 0 Å². The van der Waals surface area contributed by atoms with Gasteiger partial charge in [0.2, 0.25) is 0 Å². The van der Waals surface area contributed by atoms with Crippen LogP contribution in [0, 0.1) is 27.7 Å². The van der Waals surface area contributed by atoms with Crippen molar-refractivity contribution >= 4 is 34.0 Å². The lowest BCUT2D eigenvalue weighted by Crippen LogP contribution is -2.13. The highest BCUT2D eigenvalue weighted by Crippen LogP contribution is 2.31. The maximum absolute atomic E-state index is 13.0. The third-order valence-corrected chi connectivity index (χ3v) is 6.27. The van der Waals surface area contributed by atoms with Gasteiger partial charge in [-0.2, -0.15) is 5.10 Å². The number of nitrogens with zero attached hydrogens (tertiary/aromatic N) is 3. The zero-order chi connectivity index (χ0) is 22.1. The highest BCUT2D eigenvalue weighted by Gasteiger charge is 2.22. The molecular formula is C24H23ClN4OS. The zero-order valence-corrected chi connectivity index (χ0v) is 19.4. The Morgan fingerprint density at radius 1 is 1.10 bits per heavy atom. The molecule has 0 aliphatic rings. The van der Waals surface area contributed by atoms with E-state index in [9.17, 15) is 4.79 Å². The van der Waals surface area contributed by atoms with Gasteiger partial charge in [0.25, 0.3) is 5.91 Å². The van der Waals surface area contributed by atoms with E-state index in [2.05, 4.69) is 48.3 Å². The molecule has 0 unspecified atom stereocenters. The van der Waals surface area contributed by atoms with Gasteiger partial charge in [0.1, 0.15) is 5.15 Å². The highest BCUT2D eigenvalue weighted by molar-refractivity contribution is 7.14. The van der Waals surface area contributed by atoms with Crippen molar-refractivity contribution in [2.24, 2.45) is 0 Å². The van der Waals surface area contributed by atoms with E-state index in [1.165, 1.54) is 28.0 Å². The second kappa shape index (κ2) is 8.65. The van der Waals surface area contributed by atoms with E-state index in [1.807, 2.05) is 35.7 Å². The predicted molar refractivity (Wildman–Crippen MR) is 127 cm³/mol. The number of anilines is 1. The molecule has 4 rings (SSSR count). The molecule has 0 radical (unpaired) electrons. The summed E-state index contributed by atoms with van der Waals surface area (Å²) in [7, 11) is 0. The van der Waals surface area contributed by atoms with Crippen molar-refractivity contribution in [3.63, 3.8) is 0 Å². The van der Waals surface area contributed by atoms with E-state index in [4.69, 9.17) is 11.6 Å². The van der Waals surface area contributed by atoms with Crippen molar-refractivity contribution in [1.82, 2.24) is 14.8 Å². The van der Waals surface area contributed by atoms with Crippen LogP contribution < -0.4 is 5.32 Å². The van der Waals surface area contributed by atoms with Crippen LogP contribution in [0.2, 0.25) is 5.15 Å². The van der Waals surface area contributed by atoms with Gasteiger partial charge in [0, 0.05) is 10.9 Å². The van der Waals surface area contributed by atoms with Crippen LogP contribution in [-0.2, 0) is 6.54 Å². The number of halogens is 1. The number of nitrogens with one attached hydrogen (secondary N) is 1. The molecule has 0 fully saturated rings. The van der Waals surface area contributed by atoms with Gasteiger partial charge < -0.3 is 0 Å². The van der Waals surface area contributed by atoms with Gasteiger partial charge in [-0.25, -0.2) is 9.67 Å². The van der Waals surface area contributed by atoms with Gasteiger partial charge in [-0.15, -0.1) is 11.3 Å². The van der Waals surface area contributed by atoms with Gasteiger partial charge in [0.15, 0.2) is 5.13 Å². The first kappa shape index (κ1) is 21.3. The summed E-state index contributed by atoms with van der Waals surface area (Å²) in [6, 6.07) is 14.2. The fourth-order valence-electron chi connectivity index (χ4n) is 3.86. The normalized spacial score (nSPS) is 11.0. The van der Waals surface area contributed by atoms with E-state index in [0.29, 0.717) is 28.1 Å². The van der Waals surface area contributed by atoms with Crippen molar-refractivity contribution in [2.45, 2.75) is 34.2 Å². The van der Waals surface area contributed by atoms with Gasteiger partial charge in [-0.05, 0) is 44.4 Å². The molecule has 0 saturated carbocycles. The number of aryl methyl sites for hydroxylation is 4. The van der Waals surface area contributed by atoms with Gasteiger partial charge >= 0.3 is 0 Å². The lowest BCUT2D eigenvalue weighted by Gasteiger charge is -2.08. The predicted octanol–water partition coefficient (Wildman–Crippen LogP) is 6.19. The molecule has 0 aliphatic carbocycles. The molecule has 2 aromatic carbocycles. The quantitative estimate of drug-likeness (QED) is 0.394. The lowest BCUT2D eigenvalue weighted by molar-refractivity contribution is 0.102. The third kappa shape index (κ3) is 4.40. The zero-order valence-electron chi connectivity index (χ0n) is 17.9. The maximum Gasteiger partial charge on any atom is 0.262 e. The summed E-state index contributed by atoms with van der Waals surface area (Å²) in [6.07, 6.45) is 0. The molecule has 0 spiro atoms. The van der Waals surface area contributed by atoms with Crippen LogP contribution in [0.15, 0.2) is 47.8 Å². The van der Waals surface area contributed by atoms with Crippen LogP contribution in [-0.4, -0.2) is 20.7 Å². The largest absolute Gasteiger partial charge is 0.298 e. The average molecular weight is 451 g/mol. The SMILES string of the molecule is Cc1cc(C)c(-c2csc(NC(=O)c3c(C)nn(Cc4ccccc4)c3Cl)n2)c(C)c1. The molecule has 2 heterocycles. The van der Waals surface area contributed by atoms with Crippen molar-refractivity contribution < 1.29 is 4.79 Å². The summed E-state index contributed by atoms with van der Waals surface area (Å²) >= 11 is 7.92. The minimum atomic E-state index is -0.305. The summed E-state index contributed by atoms with van der Waals surface area (Å²) in [5.74, 6) is -0.305. The Bertz CT molecular complexity index is 1240. The van der Waals surface area contributed by atoms with Gasteiger partial charge in [0.05, 0.1) is 23.5 Å². The molecule has 31 heavy (non-hydrogen) atoms. The molecule has 1 N–H and O–H groups in total. The minimum absolute atomic E-state index is 0.305. The summed E-state index contributed by atoms with van der Waals surface area (Å²) in [5.41, 5.74) is 7.54. The number of carbonyl (C=O) groups excluding carboxylic acids is 1. The van der Waals surface area contributed by atoms with Crippen LogP contribution in [0.3, 0.4) is 0 Å². The molecule has 1 amide bonds. The topological polar surface area (TPSA) is 59.8 Å². The second-order valence-electron chi connectivity index (χ2n) is 7.66. The number of carbonyl (C=O) groups is 1. The Balaban J connectivity index is 1.56.